The van der Waals surface area contributed by atoms with E-state index in [0.717, 1.165) is 5.82 Å². The van der Waals surface area contributed by atoms with E-state index < -0.39 is 0 Å². The maximum absolute atomic E-state index is 12.0. The van der Waals surface area contributed by atoms with Crippen molar-refractivity contribution in [1.82, 2.24) is 24.7 Å². The minimum atomic E-state index is -0.214. The number of nitrogens with two attached hydrogens (primary N) is 1. The van der Waals surface area contributed by atoms with Crippen molar-refractivity contribution in [1.29, 1.82) is 0 Å². The molecule has 1 aromatic carbocycles. The van der Waals surface area contributed by atoms with Crippen LogP contribution < -0.4 is 16.6 Å². The van der Waals surface area contributed by atoms with Crippen LogP contribution in [0.5, 0.6) is 0 Å². The summed E-state index contributed by atoms with van der Waals surface area (Å²) in [7, 11) is 1.88. The van der Waals surface area contributed by atoms with Crippen molar-refractivity contribution in [3.05, 3.63) is 40.7 Å². The number of nitrogens with zero attached hydrogens (tertiary/aromatic N) is 4. The van der Waals surface area contributed by atoms with Crippen LogP contribution >= 0.6 is 0 Å². The first kappa shape index (κ1) is 13.1. The second kappa shape index (κ2) is 5.23. The summed E-state index contributed by atoms with van der Waals surface area (Å²) in [4.78, 5) is 19.0. The van der Waals surface area contributed by atoms with Gasteiger partial charge in [-0.3, -0.25) is 9.78 Å². The van der Waals surface area contributed by atoms with Crippen LogP contribution in [0.2, 0.25) is 0 Å². The fourth-order valence-electron chi connectivity index (χ4n) is 2.07. The molecule has 0 saturated carbocycles. The number of nitrogen functional groups attached to an aromatic ring is 1. The van der Waals surface area contributed by atoms with Crippen molar-refractivity contribution < 1.29 is 0 Å². The number of aromatic amines is 1. The first-order valence-electron chi connectivity index (χ1n) is 6.50. The van der Waals surface area contributed by atoms with Crippen LogP contribution in [-0.4, -0.2) is 31.3 Å². The lowest BCUT2D eigenvalue weighted by molar-refractivity contribution is 0.786. The number of fused-ring (bicyclic) bond motifs is 1. The fraction of sp³-hybridized carbons (Fsp3) is 0.231. The molecule has 2 heterocycles. The van der Waals surface area contributed by atoms with E-state index in [1.54, 1.807) is 24.5 Å². The first-order chi connectivity index (χ1) is 10.1. The van der Waals surface area contributed by atoms with Gasteiger partial charge < -0.3 is 15.6 Å². The molecule has 0 atom stereocenters. The summed E-state index contributed by atoms with van der Waals surface area (Å²) in [5, 5.41) is 11.4. The van der Waals surface area contributed by atoms with Gasteiger partial charge in [-0.25, -0.2) is 4.98 Å². The second-order valence-electron chi connectivity index (χ2n) is 4.73. The molecule has 3 rings (SSSR count). The van der Waals surface area contributed by atoms with Crippen LogP contribution in [0.4, 0.5) is 11.6 Å². The Labute approximate surface area is 120 Å². The van der Waals surface area contributed by atoms with Crippen LogP contribution in [0.3, 0.4) is 0 Å². The van der Waals surface area contributed by atoms with Gasteiger partial charge in [0, 0.05) is 25.7 Å². The summed E-state index contributed by atoms with van der Waals surface area (Å²) in [5.41, 5.74) is 6.60. The standard InChI is InChI=1S/C13H15N7O/c1-20-7-16-19-11(20)4-5-15-13-17-10-3-2-8(14)6-9(10)12(21)18-13/h2-3,6-7H,4-5,14H2,1H3,(H2,15,17,18,21). The van der Waals surface area contributed by atoms with Crippen LogP contribution in [0.1, 0.15) is 5.82 Å². The van der Waals surface area contributed by atoms with Crippen molar-refractivity contribution in [2.45, 2.75) is 6.42 Å². The molecule has 8 heteroatoms. The Hall–Kier alpha value is -2.90. The molecule has 0 radical (unpaired) electrons. The highest BCUT2D eigenvalue weighted by Gasteiger charge is 2.05. The Morgan fingerprint density at radius 3 is 3.05 bits per heavy atom. The third-order valence-electron chi connectivity index (χ3n) is 3.18. The van der Waals surface area contributed by atoms with Crippen LogP contribution in [0.15, 0.2) is 29.3 Å². The predicted octanol–water partition coefficient (Wildman–Crippen LogP) is 0.288. The van der Waals surface area contributed by atoms with E-state index >= 15 is 0 Å². The molecule has 0 bridgehead atoms. The van der Waals surface area contributed by atoms with Gasteiger partial charge >= 0.3 is 0 Å². The third kappa shape index (κ3) is 2.69. The molecule has 2 aromatic heterocycles. The van der Waals surface area contributed by atoms with Gasteiger partial charge in [-0.15, -0.1) is 10.2 Å². The topological polar surface area (TPSA) is 115 Å². The van der Waals surface area contributed by atoms with Crippen LogP contribution in [0, 0.1) is 0 Å². The number of aromatic nitrogens is 5. The molecule has 0 aliphatic rings. The van der Waals surface area contributed by atoms with E-state index in [0.29, 0.717) is 35.5 Å². The lowest BCUT2D eigenvalue weighted by atomic mass is 10.2. The molecule has 0 saturated heterocycles. The molecule has 0 amide bonds. The number of hydrogen-bond acceptors (Lipinski definition) is 6. The van der Waals surface area contributed by atoms with Gasteiger partial charge in [0.2, 0.25) is 5.95 Å². The molecule has 21 heavy (non-hydrogen) atoms. The molecular weight excluding hydrogens is 270 g/mol. The van der Waals surface area contributed by atoms with E-state index in [-0.39, 0.29) is 5.56 Å². The highest BCUT2D eigenvalue weighted by molar-refractivity contribution is 5.81. The lowest BCUT2D eigenvalue weighted by Crippen LogP contribution is -2.16. The quantitative estimate of drug-likeness (QED) is 0.593. The Morgan fingerprint density at radius 1 is 1.43 bits per heavy atom. The summed E-state index contributed by atoms with van der Waals surface area (Å²) in [5.74, 6) is 1.29. The highest BCUT2D eigenvalue weighted by Crippen LogP contribution is 2.12. The van der Waals surface area contributed by atoms with E-state index in [2.05, 4.69) is 25.5 Å². The number of hydrogen-bond donors (Lipinski definition) is 3. The number of anilines is 2. The average Bonchev–Trinajstić information content (AvgIpc) is 2.85. The zero-order chi connectivity index (χ0) is 14.8. The van der Waals surface area contributed by atoms with Gasteiger partial charge in [-0.2, -0.15) is 0 Å². The van der Waals surface area contributed by atoms with Gasteiger partial charge in [0.1, 0.15) is 12.2 Å². The van der Waals surface area contributed by atoms with E-state index in [1.807, 2.05) is 11.6 Å². The maximum Gasteiger partial charge on any atom is 0.260 e. The van der Waals surface area contributed by atoms with Gasteiger partial charge in [0.15, 0.2) is 0 Å². The van der Waals surface area contributed by atoms with Crippen molar-refractivity contribution in [2.75, 3.05) is 17.6 Å². The Morgan fingerprint density at radius 2 is 2.29 bits per heavy atom. The number of aryl methyl sites for hydroxylation is 1. The van der Waals surface area contributed by atoms with E-state index in [9.17, 15) is 4.79 Å². The summed E-state index contributed by atoms with van der Waals surface area (Å²) in [6.07, 6.45) is 2.33. The fourth-order valence-corrected chi connectivity index (χ4v) is 2.07. The third-order valence-corrected chi connectivity index (χ3v) is 3.18. The second-order valence-corrected chi connectivity index (χ2v) is 4.73. The summed E-state index contributed by atoms with van der Waals surface area (Å²) < 4.78 is 1.85. The molecule has 0 fully saturated rings. The number of nitrogens with one attached hydrogen (secondary N) is 2. The zero-order valence-corrected chi connectivity index (χ0v) is 11.5. The summed E-state index contributed by atoms with van der Waals surface area (Å²) in [6.45, 7) is 0.593. The molecule has 8 nitrogen and oxygen atoms in total. The average molecular weight is 285 g/mol. The van der Waals surface area contributed by atoms with Crippen molar-refractivity contribution in [2.24, 2.45) is 7.05 Å². The molecule has 108 valence electrons. The molecule has 0 spiro atoms. The molecule has 3 aromatic rings. The smallest absolute Gasteiger partial charge is 0.260 e. The normalized spacial score (nSPS) is 10.9. The molecule has 0 unspecified atom stereocenters. The number of benzene rings is 1. The molecule has 0 aliphatic carbocycles. The van der Waals surface area contributed by atoms with Gasteiger partial charge in [-0.05, 0) is 18.2 Å². The predicted molar refractivity (Wildman–Crippen MR) is 80.0 cm³/mol. The van der Waals surface area contributed by atoms with E-state index in [1.165, 1.54) is 0 Å². The number of H-pyrrole nitrogens is 1. The monoisotopic (exact) mass is 285 g/mol. The van der Waals surface area contributed by atoms with Gasteiger partial charge in [-0.1, -0.05) is 0 Å². The molecule has 4 N–H and O–H groups in total. The largest absolute Gasteiger partial charge is 0.399 e. The SMILES string of the molecule is Cn1cnnc1CCNc1nc2ccc(N)cc2c(=O)[nH]1. The minimum Gasteiger partial charge on any atom is -0.399 e. The minimum absolute atomic E-state index is 0.214. The van der Waals surface area contributed by atoms with Crippen molar-refractivity contribution in [3.8, 4) is 0 Å². The Bertz CT molecular complexity index is 836. The Kier molecular flexibility index (Phi) is 3.27. The van der Waals surface area contributed by atoms with Crippen LogP contribution in [0.25, 0.3) is 10.9 Å². The maximum atomic E-state index is 12.0. The lowest BCUT2D eigenvalue weighted by Gasteiger charge is -2.06. The van der Waals surface area contributed by atoms with E-state index in [4.69, 9.17) is 5.73 Å². The molecule has 0 aliphatic heterocycles. The van der Waals surface area contributed by atoms with Gasteiger partial charge in [0.05, 0.1) is 10.9 Å². The van der Waals surface area contributed by atoms with Crippen molar-refractivity contribution >= 4 is 22.5 Å². The first-order valence-corrected chi connectivity index (χ1v) is 6.50. The Balaban J connectivity index is 1.77. The zero-order valence-electron chi connectivity index (χ0n) is 11.5. The highest BCUT2D eigenvalue weighted by atomic mass is 16.1. The van der Waals surface area contributed by atoms with Crippen molar-refractivity contribution in [3.63, 3.8) is 0 Å². The van der Waals surface area contributed by atoms with Crippen LogP contribution in [-0.2, 0) is 13.5 Å². The summed E-state index contributed by atoms with van der Waals surface area (Å²) in [6, 6.07) is 5.07. The molecular formula is C13H15N7O. The van der Waals surface area contributed by atoms with Gasteiger partial charge in [0.25, 0.3) is 5.56 Å². The number of rotatable bonds is 4. The summed E-state index contributed by atoms with van der Waals surface area (Å²) >= 11 is 0.